The smallest absolute Gasteiger partial charge is 0.379 e. The van der Waals surface area contributed by atoms with Gasteiger partial charge in [-0.05, 0) is 17.7 Å². The van der Waals surface area contributed by atoms with Crippen molar-refractivity contribution >= 4 is 5.91 Å². The highest BCUT2D eigenvalue weighted by molar-refractivity contribution is 5.72. The maximum Gasteiger partial charge on any atom is 0.416 e. The first-order valence-corrected chi connectivity index (χ1v) is 7.11. The van der Waals surface area contributed by atoms with E-state index in [9.17, 15) is 18.0 Å². The number of rotatable bonds is 4. The van der Waals surface area contributed by atoms with Crippen molar-refractivity contribution < 1.29 is 22.7 Å². The molecule has 0 aromatic heterocycles. The lowest BCUT2D eigenvalue weighted by molar-refractivity contribution is -0.137. The fourth-order valence-corrected chi connectivity index (χ4v) is 2.48. The van der Waals surface area contributed by atoms with E-state index in [1.165, 1.54) is 19.1 Å². The molecular formula is C15H19F3N2O2. The number of hydrogen-bond donors (Lipinski definition) is 1. The standard InChI is InChI=1S/C15H19F3N2O2/c1-11(21)19-10-14(20-6-8-22-9-7-20)12-2-4-13(5-3-12)15(16,17)18/h2-5,14H,6-10H2,1H3,(H,19,21)/t14-/m0/s1. The van der Waals surface area contributed by atoms with Crippen LogP contribution in [-0.2, 0) is 15.7 Å². The molecule has 0 bridgehead atoms. The lowest BCUT2D eigenvalue weighted by Gasteiger charge is -2.35. The third kappa shape index (κ3) is 4.45. The molecular weight excluding hydrogens is 297 g/mol. The molecule has 1 aromatic carbocycles. The summed E-state index contributed by atoms with van der Waals surface area (Å²) in [5.41, 5.74) is 0.0835. The number of halogens is 3. The maximum atomic E-state index is 12.6. The molecule has 1 aliphatic rings. The average Bonchev–Trinajstić information content (AvgIpc) is 2.48. The second-order valence-electron chi connectivity index (χ2n) is 5.22. The van der Waals surface area contributed by atoms with Crippen molar-refractivity contribution in [3.8, 4) is 0 Å². The second-order valence-corrected chi connectivity index (χ2v) is 5.22. The van der Waals surface area contributed by atoms with E-state index in [1.54, 1.807) is 0 Å². The summed E-state index contributed by atoms with van der Waals surface area (Å²) in [7, 11) is 0. The molecule has 1 aliphatic heterocycles. The van der Waals surface area contributed by atoms with Crippen LogP contribution in [0.4, 0.5) is 13.2 Å². The van der Waals surface area contributed by atoms with Crippen molar-refractivity contribution in [2.45, 2.75) is 19.1 Å². The molecule has 1 amide bonds. The predicted molar refractivity (Wildman–Crippen MR) is 75.3 cm³/mol. The van der Waals surface area contributed by atoms with Gasteiger partial charge >= 0.3 is 6.18 Å². The molecule has 4 nitrogen and oxygen atoms in total. The van der Waals surface area contributed by atoms with Gasteiger partial charge in [-0.15, -0.1) is 0 Å². The first-order valence-electron chi connectivity index (χ1n) is 7.11. The number of amides is 1. The van der Waals surface area contributed by atoms with Gasteiger partial charge < -0.3 is 10.1 Å². The summed E-state index contributed by atoms with van der Waals surface area (Å²) in [5, 5.41) is 2.74. The fourth-order valence-electron chi connectivity index (χ4n) is 2.48. The maximum absolute atomic E-state index is 12.6. The van der Waals surface area contributed by atoms with Crippen molar-refractivity contribution in [2.75, 3.05) is 32.8 Å². The molecule has 7 heteroatoms. The monoisotopic (exact) mass is 316 g/mol. The first-order chi connectivity index (χ1) is 10.4. The number of carbonyl (C=O) groups is 1. The van der Waals surface area contributed by atoms with E-state index in [1.807, 2.05) is 0 Å². The van der Waals surface area contributed by atoms with Gasteiger partial charge in [0, 0.05) is 26.6 Å². The third-order valence-corrected chi connectivity index (χ3v) is 3.65. The Morgan fingerprint density at radius 2 is 1.86 bits per heavy atom. The predicted octanol–water partition coefficient (Wildman–Crippen LogP) is 2.21. The summed E-state index contributed by atoms with van der Waals surface area (Å²) >= 11 is 0. The number of hydrogen-bond acceptors (Lipinski definition) is 3. The summed E-state index contributed by atoms with van der Waals surface area (Å²) < 4.78 is 43.2. The lowest BCUT2D eigenvalue weighted by atomic mass is 10.0. The van der Waals surface area contributed by atoms with Crippen LogP contribution in [0.2, 0.25) is 0 Å². The number of nitrogens with zero attached hydrogens (tertiary/aromatic N) is 1. The van der Waals surface area contributed by atoms with Crippen LogP contribution >= 0.6 is 0 Å². The van der Waals surface area contributed by atoms with Gasteiger partial charge in [0.25, 0.3) is 0 Å². The molecule has 0 spiro atoms. The van der Waals surface area contributed by atoms with E-state index in [0.29, 0.717) is 32.8 Å². The zero-order valence-electron chi connectivity index (χ0n) is 12.3. The Kier molecular flexibility index (Phi) is 5.42. The molecule has 1 fully saturated rings. The fraction of sp³-hybridized carbons (Fsp3) is 0.533. The lowest BCUT2D eigenvalue weighted by Crippen LogP contribution is -2.43. The molecule has 0 saturated carbocycles. The minimum atomic E-state index is -4.34. The largest absolute Gasteiger partial charge is 0.416 e. The number of ether oxygens (including phenoxy) is 1. The number of alkyl halides is 3. The van der Waals surface area contributed by atoms with Crippen LogP contribution in [0.15, 0.2) is 24.3 Å². The normalized spacial score (nSPS) is 18.0. The van der Waals surface area contributed by atoms with E-state index < -0.39 is 11.7 Å². The number of morpholine rings is 1. The van der Waals surface area contributed by atoms with E-state index in [4.69, 9.17) is 4.74 Å². The Hall–Kier alpha value is -1.60. The zero-order valence-corrected chi connectivity index (χ0v) is 12.3. The summed E-state index contributed by atoms with van der Waals surface area (Å²) in [6.45, 7) is 4.31. The van der Waals surface area contributed by atoms with E-state index in [0.717, 1.165) is 17.7 Å². The van der Waals surface area contributed by atoms with Crippen molar-refractivity contribution in [3.05, 3.63) is 35.4 Å². The molecule has 1 heterocycles. The molecule has 122 valence electrons. The summed E-state index contributed by atoms with van der Waals surface area (Å²) in [4.78, 5) is 13.3. The van der Waals surface area contributed by atoms with Crippen LogP contribution in [0.25, 0.3) is 0 Å². The van der Waals surface area contributed by atoms with Crippen molar-refractivity contribution in [1.29, 1.82) is 0 Å². The Bertz CT molecular complexity index is 497. The minimum Gasteiger partial charge on any atom is -0.379 e. The highest BCUT2D eigenvalue weighted by Crippen LogP contribution is 2.30. The average molecular weight is 316 g/mol. The van der Waals surface area contributed by atoms with Crippen LogP contribution < -0.4 is 5.32 Å². The van der Waals surface area contributed by atoms with Gasteiger partial charge in [-0.1, -0.05) is 12.1 Å². The van der Waals surface area contributed by atoms with Gasteiger partial charge in [0.1, 0.15) is 0 Å². The Balaban J connectivity index is 2.17. The van der Waals surface area contributed by atoms with E-state index >= 15 is 0 Å². The molecule has 0 aliphatic carbocycles. The molecule has 22 heavy (non-hydrogen) atoms. The molecule has 0 unspecified atom stereocenters. The second kappa shape index (κ2) is 7.11. The van der Waals surface area contributed by atoms with Gasteiger partial charge in [0.15, 0.2) is 0 Å². The quantitative estimate of drug-likeness (QED) is 0.926. The molecule has 1 aromatic rings. The SMILES string of the molecule is CC(=O)NC[C@@H](c1ccc(C(F)(F)F)cc1)N1CCOCC1. The van der Waals surface area contributed by atoms with Gasteiger partial charge in [0.2, 0.25) is 5.91 Å². The highest BCUT2D eigenvalue weighted by Gasteiger charge is 2.31. The number of carbonyl (C=O) groups excluding carboxylic acids is 1. The summed E-state index contributed by atoms with van der Waals surface area (Å²) in [6, 6.07) is 4.96. The number of benzene rings is 1. The van der Waals surface area contributed by atoms with Gasteiger partial charge in [-0.2, -0.15) is 13.2 Å². The Morgan fingerprint density at radius 1 is 1.27 bits per heavy atom. The van der Waals surface area contributed by atoms with Gasteiger partial charge in [0.05, 0.1) is 24.8 Å². The van der Waals surface area contributed by atoms with Crippen LogP contribution in [0.1, 0.15) is 24.1 Å². The molecule has 2 rings (SSSR count). The molecule has 1 atom stereocenters. The van der Waals surface area contributed by atoms with E-state index in [2.05, 4.69) is 10.2 Å². The Morgan fingerprint density at radius 3 is 2.36 bits per heavy atom. The topological polar surface area (TPSA) is 41.6 Å². The third-order valence-electron chi connectivity index (χ3n) is 3.65. The van der Waals surface area contributed by atoms with Gasteiger partial charge in [-0.25, -0.2) is 0 Å². The highest BCUT2D eigenvalue weighted by atomic mass is 19.4. The minimum absolute atomic E-state index is 0.157. The van der Waals surface area contributed by atoms with Crippen molar-refractivity contribution in [1.82, 2.24) is 10.2 Å². The molecule has 1 saturated heterocycles. The van der Waals surface area contributed by atoms with Crippen LogP contribution in [-0.4, -0.2) is 43.7 Å². The zero-order chi connectivity index (χ0) is 16.2. The first kappa shape index (κ1) is 16.8. The van der Waals surface area contributed by atoms with Gasteiger partial charge in [-0.3, -0.25) is 9.69 Å². The van der Waals surface area contributed by atoms with Crippen LogP contribution in [0.3, 0.4) is 0 Å². The van der Waals surface area contributed by atoms with Crippen LogP contribution in [0.5, 0.6) is 0 Å². The Labute approximate surface area is 127 Å². The summed E-state index contributed by atoms with van der Waals surface area (Å²) in [5.74, 6) is -0.162. The molecule has 0 radical (unpaired) electrons. The molecule has 1 N–H and O–H groups in total. The van der Waals surface area contributed by atoms with Crippen LogP contribution in [0, 0.1) is 0 Å². The van der Waals surface area contributed by atoms with E-state index in [-0.39, 0.29) is 11.9 Å². The van der Waals surface area contributed by atoms with Crippen molar-refractivity contribution in [2.24, 2.45) is 0 Å². The number of nitrogens with one attached hydrogen (secondary N) is 1. The van der Waals surface area contributed by atoms with Crippen molar-refractivity contribution in [3.63, 3.8) is 0 Å². The summed E-state index contributed by atoms with van der Waals surface area (Å²) in [6.07, 6.45) is -4.34.